The highest BCUT2D eigenvalue weighted by atomic mass is 32.2. The Kier molecular flexibility index (Phi) is 4.40. The van der Waals surface area contributed by atoms with Crippen LogP contribution < -0.4 is 10.7 Å². The molecule has 4 nitrogen and oxygen atoms in total. The first-order valence-corrected chi connectivity index (χ1v) is 6.61. The first-order valence-electron chi connectivity index (χ1n) is 5.38. The number of aryl methyl sites for hydroxylation is 1. The van der Waals surface area contributed by atoms with Gasteiger partial charge in [0.15, 0.2) is 5.43 Å². The Bertz CT molecular complexity index is 466. The van der Waals surface area contributed by atoms with E-state index in [-0.39, 0.29) is 21.6 Å². The highest BCUT2D eigenvalue weighted by molar-refractivity contribution is 7.99. The van der Waals surface area contributed by atoms with E-state index in [1.165, 1.54) is 12.3 Å². The number of thioether (sulfide) groups is 1. The van der Waals surface area contributed by atoms with Gasteiger partial charge in [0.1, 0.15) is 5.56 Å². The summed E-state index contributed by atoms with van der Waals surface area (Å²) < 4.78 is -0.0346. The van der Waals surface area contributed by atoms with Crippen LogP contribution in [0.15, 0.2) is 17.1 Å². The molecular formula is C12H18N2O2S. The summed E-state index contributed by atoms with van der Waals surface area (Å²) in [4.78, 5) is 26.3. The Labute approximate surface area is 105 Å². The number of hydrogen-bond acceptors (Lipinski definition) is 3. The lowest BCUT2D eigenvalue weighted by Gasteiger charge is -2.22. The standard InChI is InChI=1S/C12H18N2O2S/c1-8-5-10(15)9(6-13-8)11(16)14-7-12(2,3)17-4/h5-6H,7H2,1-4H3,(H,13,15)(H,14,16). The highest BCUT2D eigenvalue weighted by Crippen LogP contribution is 2.19. The summed E-state index contributed by atoms with van der Waals surface area (Å²) in [7, 11) is 0. The van der Waals surface area contributed by atoms with E-state index in [2.05, 4.69) is 10.3 Å². The van der Waals surface area contributed by atoms with Gasteiger partial charge in [-0.1, -0.05) is 0 Å². The molecule has 0 atom stereocenters. The summed E-state index contributed by atoms with van der Waals surface area (Å²) in [5.74, 6) is -0.326. The number of hydrogen-bond donors (Lipinski definition) is 2. The molecule has 0 fully saturated rings. The Morgan fingerprint density at radius 3 is 2.71 bits per heavy atom. The summed E-state index contributed by atoms with van der Waals surface area (Å²) in [5, 5.41) is 2.77. The topological polar surface area (TPSA) is 62.0 Å². The maximum absolute atomic E-state index is 11.8. The minimum Gasteiger partial charge on any atom is -0.364 e. The van der Waals surface area contributed by atoms with E-state index in [1.54, 1.807) is 18.7 Å². The van der Waals surface area contributed by atoms with Gasteiger partial charge in [0.25, 0.3) is 5.91 Å². The van der Waals surface area contributed by atoms with Crippen molar-refractivity contribution < 1.29 is 4.79 Å². The normalized spacial score (nSPS) is 11.3. The van der Waals surface area contributed by atoms with E-state index >= 15 is 0 Å². The van der Waals surface area contributed by atoms with E-state index in [9.17, 15) is 9.59 Å². The molecule has 0 spiro atoms. The number of aromatic nitrogens is 1. The van der Waals surface area contributed by atoms with Crippen LogP contribution in [-0.4, -0.2) is 28.4 Å². The molecule has 0 aliphatic heterocycles. The molecule has 0 aliphatic rings. The fourth-order valence-electron chi connectivity index (χ4n) is 1.21. The SMILES string of the molecule is CSC(C)(C)CNC(=O)c1c[nH]c(C)cc1=O. The lowest BCUT2D eigenvalue weighted by molar-refractivity contribution is 0.0949. The number of carbonyl (C=O) groups is 1. The molecule has 17 heavy (non-hydrogen) atoms. The van der Waals surface area contributed by atoms with Crippen molar-refractivity contribution >= 4 is 17.7 Å². The van der Waals surface area contributed by atoms with Crippen molar-refractivity contribution in [3.63, 3.8) is 0 Å². The van der Waals surface area contributed by atoms with Gasteiger partial charge in [-0.2, -0.15) is 11.8 Å². The van der Waals surface area contributed by atoms with Gasteiger partial charge < -0.3 is 10.3 Å². The van der Waals surface area contributed by atoms with Crippen LogP contribution in [0.3, 0.4) is 0 Å². The molecule has 1 aromatic rings. The van der Waals surface area contributed by atoms with Gasteiger partial charge in [-0.15, -0.1) is 0 Å². The van der Waals surface area contributed by atoms with Gasteiger partial charge in [-0.3, -0.25) is 9.59 Å². The molecule has 0 aromatic carbocycles. The highest BCUT2D eigenvalue weighted by Gasteiger charge is 2.18. The van der Waals surface area contributed by atoms with Crippen LogP contribution in [0.25, 0.3) is 0 Å². The Morgan fingerprint density at radius 1 is 1.53 bits per heavy atom. The van der Waals surface area contributed by atoms with E-state index in [4.69, 9.17) is 0 Å². The first-order chi connectivity index (χ1) is 7.85. The predicted molar refractivity (Wildman–Crippen MR) is 71.7 cm³/mol. The van der Waals surface area contributed by atoms with E-state index in [1.807, 2.05) is 20.1 Å². The molecule has 0 saturated carbocycles. The molecule has 0 aliphatic carbocycles. The van der Waals surface area contributed by atoms with Crippen molar-refractivity contribution in [2.75, 3.05) is 12.8 Å². The summed E-state index contributed by atoms with van der Waals surface area (Å²) in [6.45, 7) is 6.38. The molecule has 2 N–H and O–H groups in total. The van der Waals surface area contributed by atoms with E-state index in [0.29, 0.717) is 6.54 Å². The van der Waals surface area contributed by atoms with Crippen LogP contribution in [0.5, 0.6) is 0 Å². The predicted octanol–water partition coefficient (Wildman–Crippen LogP) is 1.55. The lowest BCUT2D eigenvalue weighted by atomic mass is 10.2. The zero-order valence-electron chi connectivity index (χ0n) is 10.6. The Morgan fingerprint density at radius 2 is 2.18 bits per heavy atom. The third kappa shape index (κ3) is 3.93. The molecule has 0 bridgehead atoms. The largest absolute Gasteiger partial charge is 0.364 e. The van der Waals surface area contributed by atoms with Gasteiger partial charge in [-0.05, 0) is 27.0 Å². The fourth-order valence-corrected chi connectivity index (χ4v) is 1.43. The van der Waals surface area contributed by atoms with Crippen LogP contribution >= 0.6 is 11.8 Å². The number of amides is 1. The van der Waals surface area contributed by atoms with Gasteiger partial charge in [0.2, 0.25) is 0 Å². The van der Waals surface area contributed by atoms with E-state index < -0.39 is 0 Å². The maximum Gasteiger partial charge on any atom is 0.256 e. The van der Waals surface area contributed by atoms with Crippen molar-refractivity contribution in [3.8, 4) is 0 Å². The van der Waals surface area contributed by atoms with Crippen LogP contribution in [0, 0.1) is 6.92 Å². The number of carbonyl (C=O) groups excluding carboxylic acids is 1. The van der Waals surface area contributed by atoms with Crippen molar-refractivity contribution in [1.82, 2.24) is 10.3 Å². The van der Waals surface area contributed by atoms with Crippen molar-refractivity contribution in [2.45, 2.75) is 25.5 Å². The second kappa shape index (κ2) is 5.40. The van der Waals surface area contributed by atoms with Crippen LogP contribution in [0.1, 0.15) is 29.9 Å². The summed E-state index contributed by atoms with van der Waals surface area (Å²) in [5.41, 5.74) is 0.657. The minimum absolute atomic E-state index is 0.0346. The smallest absolute Gasteiger partial charge is 0.256 e. The van der Waals surface area contributed by atoms with Crippen LogP contribution in [-0.2, 0) is 0 Å². The Balaban J connectivity index is 2.74. The monoisotopic (exact) mass is 254 g/mol. The summed E-state index contributed by atoms with van der Waals surface area (Å²) in [6.07, 6.45) is 3.45. The number of nitrogens with one attached hydrogen (secondary N) is 2. The third-order valence-electron chi connectivity index (χ3n) is 2.53. The zero-order valence-corrected chi connectivity index (χ0v) is 11.4. The molecule has 94 valence electrons. The average molecular weight is 254 g/mol. The second-order valence-electron chi connectivity index (χ2n) is 4.54. The third-order valence-corrected chi connectivity index (χ3v) is 3.78. The number of rotatable bonds is 4. The maximum atomic E-state index is 11.8. The minimum atomic E-state index is -0.326. The second-order valence-corrected chi connectivity index (χ2v) is 6.05. The van der Waals surface area contributed by atoms with Crippen LogP contribution in [0.4, 0.5) is 0 Å². The fraction of sp³-hybridized carbons (Fsp3) is 0.500. The molecule has 1 amide bonds. The molecule has 0 saturated heterocycles. The number of pyridine rings is 1. The van der Waals surface area contributed by atoms with Crippen molar-refractivity contribution in [2.24, 2.45) is 0 Å². The van der Waals surface area contributed by atoms with Gasteiger partial charge >= 0.3 is 0 Å². The van der Waals surface area contributed by atoms with Gasteiger partial charge in [-0.25, -0.2) is 0 Å². The lowest BCUT2D eigenvalue weighted by Crippen LogP contribution is -2.37. The molecular weight excluding hydrogens is 236 g/mol. The van der Waals surface area contributed by atoms with Crippen molar-refractivity contribution in [1.29, 1.82) is 0 Å². The molecule has 0 radical (unpaired) electrons. The Hall–Kier alpha value is -1.23. The molecule has 5 heteroatoms. The molecule has 1 aromatic heterocycles. The average Bonchev–Trinajstić information content (AvgIpc) is 2.26. The summed E-state index contributed by atoms with van der Waals surface area (Å²) >= 11 is 1.67. The van der Waals surface area contributed by atoms with Gasteiger partial charge in [0.05, 0.1) is 0 Å². The molecule has 0 unspecified atom stereocenters. The van der Waals surface area contributed by atoms with Crippen molar-refractivity contribution in [3.05, 3.63) is 33.7 Å². The number of H-pyrrole nitrogens is 1. The number of aromatic amines is 1. The summed E-state index contributed by atoms with van der Waals surface area (Å²) in [6, 6.07) is 1.43. The first kappa shape index (κ1) is 13.8. The van der Waals surface area contributed by atoms with E-state index in [0.717, 1.165) is 5.69 Å². The van der Waals surface area contributed by atoms with Crippen LogP contribution in [0.2, 0.25) is 0 Å². The molecule has 1 rings (SSSR count). The quantitative estimate of drug-likeness (QED) is 0.857. The zero-order chi connectivity index (χ0) is 13.1. The van der Waals surface area contributed by atoms with Gasteiger partial charge in [0, 0.05) is 29.2 Å². The molecule has 1 heterocycles.